The predicted molar refractivity (Wildman–Crippen MR) is 122 cm³/mol. The fourth-order valence-electron chi connectivity index (χ4n) is 3.56. The van der Waals surface area contributed by atoms with Gasteiger partial charge in [0.15, 0.2) is 5.96 Å². The number of nitrogens with one attached hydrogen (secondary N) is 3. The minimum atomic E-state index is 0. The van der Waals surface area contributed by atoms with E-state index >= 15 is 0 Å². The van der Waals surface area contributed by atoms with Crippen LogP contribution in [-0.4, -0.2) is 55.6 Å². The fourth-order valence-corrected chi connectivity index (χ4v) is 3.56. The van der Waals surface area contributed by atoms with E-state index in [0.29, 0.717) is 0 Å². The number of hydrogen-bond acceptors (Lipinski definition) is 2. The molecule has 1 aliphatic rings. The highest BCUT2D eigenvalue weighted by atomic mass is 127. The Balaban J connectivity index is 0.00000243. The maximum absolute atomic E-state index is 4.33. The van der Waals surface area contributed by atoms with Crippen molar-refractivity contribution >= 4 is 40.8 Å². The minimum Gasteiger partial charge on any atom is -0.361 e. The lowest BCUT2D eigenvalue weighted by Crippen LogP contribution is -2.43. The molecule has 0 aliphatic carbocycles. The van der Waals surface area contributed by atoms with Gasteiger partial charge in [-0.3, -0.25) is 4.99 Å². The number of piperidine rings is 1. The molecule has 0 unspecified atom stereocenters. The summed E-state index contributed by atoms with van der Waals surface area (Å²) in [4.78, 5) is 10.2. The van der Waals surface area contributed by atoms with Crippen molar-refractivity contribution < 1.29 is 0 Å². The summed E-state index contributed by atoms with van der Waals surface area (Å²) in [6.07, 6.45) is 7.18. The lowest BCUT2D eigenvalue weighted by molar-refractivity contribution is 0.232. The van der Waals surface area contributed by atoms with Crippen LogP contribution < -0.4 is 10.6 Å². The largest absolute Gasteiger partial charge is 0.361 e. The van der Waals surface area contributed by atoms with Gasteiger partial charge in [0.1, 0.15) is 0 Å². The summed E-state index contributed by atoms with van der Waals surface area (Å²) in [5.74, 6) is 0.896. The molecule has 3 rings (SSSR count). The third-order valence-electron chi connectivity index (χ3n) is 5.00. The Bertz CT molecular complexity index is 703. The van der Waals surface area contributed by atoms with Gasteiger partial charge in [-0.25, -0.2) is 0 Å². The summed E-state index contributed by atoms with van der Waals surface area (Å²) in [6, 6.07) is 6.59. The molecule has 6 heteroatoms. The van der Waals surface area contributed by atoms with Gasteiger partial charge in [-0.1, -0.05) is 18.6 Å². The van der Waals surface area contributed by atoms with Gasteiger partial charge in [0.05, 0.1) is 0 Å². The van der Waals surface area contributed by atoms with Gasteiger partial charge in [0, 0.05) is 43.8 Å². The van der Waals surface area contributed by atoms with Crippen molar-refractivity contribution in [2.24, 2.45) is 4.99 Å². The van der Waals surface area contributed by atoms with E-state index in [-0.39, 0.29) is 24.0 Å². The normalized spacial score (nSPS) is 15.7. The Hall–Kier alpha value is -1.28. The number of rotatable bonds is 6. The molecule has 0 amide bonds. The Morgan fingerprint density at radius 1 is 1.15 bits per heavy atom. The zero-order chi connectivity index (χ0) is 17.5. The zero-order valence-electron chi connectivity index (χ0n) is 16.0. The van der Waals surface area contributed by atoms with Crippen LogP contribution in [0.4, 0.5) is 0 Å². The standard InChI is InChI=1S/C20H31N5.HI/c1-16-6-7-18-17(15-24-19(18)14-16)8-9-22-20(21-2)23-10-13-25-11-4-3-5-12-25;/h6-7,14-15,24H,3-5,8-13H2,1-2H3,(H2,21,22,23);1H. The summed E-state index contributed by atoms with van der Waals surface area (Å²) in [5, 5.41) is 8.18. The molecule has 1 aromatic heterocycles. The molecule has 0 spiro atoms. The molecular formula is C20H32IN5. The van der Waals surface area contributed by atoms with Crippen LogP contribution in [0.2, 0.25) is 0 Å². The van der Waals surface area contributed by atoms with Crippen molar-refractivity contribution in [3.05, 3.63) is 35.5 Å². The summed E-state index contributed by atoms with van der Waals surface area (Å²) in [6.45, 7) is 7.54. The van der Waals surface area contributed by atoms with E-state index in [9.17, 15) is 0 Å². The fraction of sp³-hybridized carbons (Fsp3) is 0.550. The SMILES string of the molecule is CN=C(NCCc1c[nH]c2cc(C)ccc12)NCCN1CCCCC1.I. The van der Waals surface area contributed by atoms with Crippen molar-refractivity contribution in [1.29, 1.82) is 0 Å². The smallest absolute Gasteiger partial charge is 0.191 e. The molecule has 2 aromatic rings. The number of halogens is 1. The number of guanidine groups is 1. The average Bonchev–Trinajstić information content (AvgIpc) is 3.03. The molecule has 26 heavy (non-hydrogen) atoms. The molecule has 0 radical (unpaired) electrons. The van der Waals surface area contributed by atoms with Crippen molar-refractivity contribution in [3.63, 3.8) is 0 Å². The van der Waals surface area contributed by atoms with Gasteiger partial charge in [0.2, 0.25) is 0 Å². The number of hydrogen-bond donors (Lipinski definition) is 3. The van der Waals surface area contributed by atoms with Crippen molar-refractivity contribution in [2.75, 3.05) is 39.8 Å². The first-order valence-electron chi connectivity index (χ1n) is 9.50. The summed E-state index contributed by atoms with van der Waals surface area (Å²) in [7, 11) is 1.84. The first kappa shape index (κ1) is 21.0. The number of nitrogens with zero attached hydrogens (tertiary/aromatic N) is 2. The quantitative estimate of drug-likeness (QED) is 0.346. The molecule has 0 saturated carbocycles. The van der Waals surface area contributed by atoms with Crippen molar-refractivity contribution in [1.82, 2.24) is 20.5 Å². The molecule has 0 atom stereocenters. The van der Waals surface area contributed by atoms with Gasteiger partial charge < -0.3 is 20.5 Å². The molecule has 5 nitrogen and oxygen atoms in total. The van der Waals surface area contributed by atoms with Crippen LogP contribution in [0.1, 0.15) is 30.4 Å². The highest BCUT2D eigenvalue weighted by molar-refractivity contribution is 14.0. The second kappa shape index (κ2) is 10.8. The van der Waals surface area contributed by atoms with Crippen LogP contribution >= 0.6 is 24.0 Å². The second-order valence-corrected chi connectivity index (χ2v) is 6.94. The van der Waals surface area contributed by atoms with Gasteiger partial charge >= 0.3 is 0 Å². The van der Waals surface area contributed by atoms with Crippen molar-refractivity contribution in [2.45, 2.75) is 32.6 Å². The maximum Gasteiger partial charge on any atom is 0.191 e. The predicted octanol–water partition coefficient (Wildman–Crippen LogP) is 3.29. The number of aryl methyl sites for hydroxylation is 1. The van der Waals surface area contributed by atoms with Crippen LogP contribution in [0.3, 0.4) is 0 Å². The van der Waals surface area contributed by atoms with E-state index in [1.807, 2.05) is 7.05 Å². The van der Waals surface area contributed by atoms with Crippen LogP contribution in [0.15, 0.2) is 29.4 Å². The minimum absolute atomic E-state index is 0. The number of benzene rings is 1. The zero-order valence-corrected chi connectivity index (χ0v) is 18.3. The topological polar surface area (TPSA) is 55.5 Å². The molecule has 2 heterocycles. The van der Waals surface area contributed by atoms with Gasteiger partial charge in [-0.15, -0.1) is 24.0 Å². The van der Waals surface area contributed by atoms with Crippen LogP contribution in [0, 0.1) is 6.92 Å². The molecule has 144 valence electrons. The van der Waals surface area contributed by atoms with E-state index in [2.05, 4.69) is 56.8 Å². The monoisotopic (exact) mass is 469 g/mol. The lowest BCUT2D eigenvalue weighted by atomic mass is 10.1. The number of aromatic amines is 1. The van der Waals surface area contributed by atoms with Gasteiger partial charge in [-0.05, 0) is 56.5 Å². The molecule has 1 aliphatic heterocycles. The first-order chi connectivity index (χ1) is 12.3. The molecule has 1 fully saturated rings. The molecule has 3 N–H and O–H groups in total. The van der Waals surface area contributed by atoms with Crippen LogP contribution in [0.5, 0.6) is 0 Å². The Labute approximate surface area is 174 Å². The lowest BCUT2D eigenvalue weighted by Gasteiger charge is -2.26. The number of aromatic nitrogens is 1. The number of aliphatic imine (C=N–C) groups is 1. The average molecular weight is 469 g/mol. The number of H-pyrrole nitrogens is 1. The summed E-state index contributed by atoms with van der Waals surface area (Å²) < 4.78 is 0. The number of likely N-dealkylation sites (tertiary alicyclic amines) is 1. The highest BCUT2D eigenvalue weighted by Gasteiger charge is 2.09. The van der Waals surface area contributed by atoms with E-state index < -0.39 is 0 Å². The molecular weight excluding hydrogens is 437 g/mol. The first-order valence-corrected chi connectivity index (χ1v) is 9.50. The maximum atomic E-state index is 4.33. The van der Waals surface area contributed by atoms with E-state index in [1.165, 1.54) is 54.4 Å². The van der Waals surface area contributed by atoms with E-state index in [1.54, 1.807) is 0 Å². The highest BCUT2D eigenvalue weighted by Crippen LogP contribution is 2.19. The molecule has 1 saturated heterocycles. The Morgan fingerprint density at radius 2 is 1.92 bits per heavy atom. The molecule has 0 bridgehead atoms. The summed E-state index contributed by atoms with van der Waals surface area (Å²) in [5.41, 5.74) is 3.86. The van der Waals surface area contributed by atoms with Crippen molar-refractivity contribution in [3.8, 4) is 0 Å². The Kier molecular flexibility index (Phi) is 8.71. The summed E-state index contributed by atoms with van der Waals surface area (Å²) >= 11 is 0. The van der Waals surface area contributed by atoms with E-state index in [4.69, 9.17) is 0 Å². The third-order valence-corrected chi connectivity index (χ3v) is 5.00. The van der Waals surface area contributed by atoms with Gasteiger partial charge in [0.25, 0.3) is 0 Å². The van der Waals surface area contributed by atoms with E-state index in [0.717, 1.165) is 32.0 Å². The second-order valence-electron chi connectivity index (χ2n) is 6.94. The van der Waals surface area contributed by atoms with Crippen LogP contribution in [0.25, 0.3) is 10.9 Å². The van der Waals surface area contributed by atoms with Gasteiger partial charge in [-0.2, -0.15) is 0 Å². The van der Waals surface area contributed by atoms with Crippen LogP contribution in [-0.2, 0) is 6.42 Å². The molecule has 1 aromatic carbocycles. The third kappa shape index (κ3) is 5.87. The Morgan fingerprint density at radius 3 is 2.69 bits per heavy atom. The number of fused-ring (bicyclic) bond motifs is 1.